The summed E-state index contributed by atoms with van der Waals surface area (Å²) in [5, 5.41) is 3.80. The van der Waals surface area contributed by atoms with Crippen LogP contribution in [0.25, 0.3) is 5.70 Å². The van der Waals surface area contributed by atoms with Gasteiger partial charge in [0, 0.05) is 22.2 Å². The highest BCUT2D eigenvalue weighted by Crippen LogP contribution is 2.40. The number of carbonyl (C=O) groups is 1. The molecule has 1 aromatic rings. The second-order valence-electron chi connectivity index (χ2n) is 6.09. The molecule has 0 fully saturated rings. The minimum Gasteiger partial charge on any atom is -0.462 e. The highest BCUT2D eigenvalue weighted by Gasteiger charge is 2.41. The molecule has 1 aromatic carbocycles. The molecule has 0 bridgehead atoms. The number of ether oxygens (including phenoxy) is 1. The van der Waals surface area contributed by atoms with Crippen LogP contribution >= 0.6 is 11.6 Å². The van der Waals surface area contributed by atoms with Crippen LogP contribution in [-0.4, -0.2) is 23.6 Å². The third kappa shape index (κ3) is 2.04. The van der Waals surface area contributed by atoms with Gasteiger partial charge in [-0.3, -0.25) is 4.79 Å². The largest absolute Gasteiger partial charge is 0.462 e. The van der Waals surface area contributed by atoms with Gasteiger partial charge in [-0.1, -0.05) is 32.4 Å². The molecule has 20 heavy (non-hydrogen) atoms. The standard InChI is InChI=1S/C15H17ClN2O2/c1-15(2,3)13(19)14-18-8-17-7-11(18)10-6-9(16)4-5-12(10)20-14/h4-7,14,17H,8H2,1-3H3. The number of hydrogen-bond acceptors (Lipinski definition) is 4. The molecule has 0 radical (unpaired) electrons. The normalized spacial score (nSPS) is 20.5. The molecule has 1 unspecified atom stereocenters. The predicted molar refractivity (Wildman–Crippen MR) is 78.1 cm³/mol. The van der Waals surface area contributed by atoms with Gasteiger partial charge in [-0.2, -0.15) is 0 Å². The van der Waals surface area contributed by atoms with E-state index >= 15 is 0 Å². The van der Waals surface area contributed by atoms with Crippen molar-refractivity contribution in [1.82, 2.24) is 10.2 Å². The fraction of sp³-hybridized carbons (Fsp3) is 0.400. The summed E-state index contributed by atoms with van der Waals surface area (Å²) >= 11 is 6.05. The molecule has 0 saturated heterocycles. The first kappa shape index (κ1) is 13.3. The lowest BCUT2D eigenvalue weighted by molar-refractivity contribution is -0.140. The maximum atomic E-state index is 12.6. The van der Waals surface area contributed by atoms with Gasteiger partial charge in [0.25, 0.3) is 0 Å². The third-order valence-electron chi connectivity index (χ3n) is 3.51. The lowest BCUT2D eigenvalue weighted by atomic mass is 9.88. The SMILES string of the molecule is CC(C)(C)C(=O)C1Oc2ccc(Cl)cc2C2=CNCN21. The molecule has 0 aromatic heterocycles. The van der Waals surface area contributed by atoms with Gasteiger partial charge in [0.15, 0.2) is 5.78 Å². The summed E-state index contributed by atoms with van der Waals surface area (Å²) in [6.07, 6.45) is 1.31. The highest BCUT2D eigenvalue weighted by molar-refractivity contribution is 6.30. The Hall–Kier alpha value is -1.68. The number of Topliss-reactive ketones (excluding diaryl/α,β-unsaturated/α-hetero) is 1. The molecule has 5 heteroatoms. The smallest absolute Gasteiger partial charge is 0.233 e. The first-order valence-electron chi connectivity index (χ1n) is 6.59. The van der Waals surface area contributed by atoms with E-state index in [1.807, 2.05) is 44.0 Å². The van der Waals surface area contributed by atoms with E-state index in [2.05, 4.69) is 5.32 Å². The van der Waals surface area contributed by atoms with Crippen molar-refractivity contribution < 1.29 is 9.53 Å². The Morgan fingerprint density at radius 3 is 2.90 bits per heavy atom. The van der Waals surface area contributed by atoms with E-state index in [4.69, 9.17) is 16.3 Å². The van der Waals surface area contributed by atoms with Crippen molar-refractivity contribution in [3.8, 4) is 5.75 Å². The lowest BCUT2D eigenvalue weighted by Gasteiger charge is -2.38. The Morgan fingerprint density at radius 1 is 1.45 bits per heavy atom. The number of benzene rings is 1. The van der Waals surface area contributed by atoms with Crippen LogP contribution < -0.4 is 10.1 Å². The number of fused-ring (bicyclic) bond motifs is 3. The molecule has 1 N–H and O–H groups in total. The fourth-order valence-electron chi connectivity index (χ4n) is 2.40. The van der Waals surface area contributed by atoms with Crippen LogP contribution in [0.2, 0.25) is 5.02 Å². The average Bonchev–Trinajstić information content (AvgIpc) is 2.85. The molecule has 0 spiro atoms. The summed E-state index contributed by atoms with van der Waals surface area (Å²) in [6, 6.07) is 5.45. The minimum absolute atomic E-state index is 0.0627. The molecule has 1 atom stereocenters. The van der Waals surface area contributed by atoms with Crippen molar-refractivity contribution in [3.05, 3.63) is 35.0 Å². The molecule has 2 heterocycles. The number of hydrogen-bond donors (Lipinski definition) is 1. The molecule has 4 nitrogen and oxygen atoms in total. The molecule has 106 valence electrons. The number of ketones is 1. The summed E-state index contributed by atoms with van der Waals surface area (Å²) in [4.78, 5) is 14.5. The van der Waals surface area contributed by atoms with Gasteiger partial charge in [-0.05, 0) is 18.2 Å². The number of halogens is 1. The van der Waals surface area contributed by atoms with Crippen LogP contribution in [0.5, 0.6) is 5.75 Å². The molecule has 3 rings (SSSR count). The molecular formula is C15H17ClN2O2. The third-order valence-corrected chi connectivity index (χ3v) is 3.75. The van der Waals surface area contributed by atoms with Crippen molar-refractivity contribution >= 4 is 23.1 Å². The quantitative estimate of drug-likeness (QED) is 0.864. The maximum absolute atomic E-state index is 12.6. The van der Waals surface area contributed by atoms with Crippen molar-refractivity contribution in [2.75, 3.05) is 6.67 Å². The van der Waals surface area contributed by atoms with Crippen LogP contribution in [0, 0.1) is 5.41 Å². The van der Waals surface area contributed by atoms with Crippen molar-refractivity contribution in [3.63, 3.8) is 0 Å². The molecule has 0 saturated carbocycles. The predicted octanol–water partition coefficient (Wildman–Crippen LogP) is 2.83. The van der Waals surface area contributed by atoms with Gasteiger partial charge < -0.3 is 15.0 Å². The first-order chi connectivity index (χ1) is 9.38. The second kappa shape index (κ2) is 4.42. The number of rotatable bonds is 1. The first-order valence-corrected chi connectivity index (χ1v) is 6.97. The monoisotopic (exact) mass is 292 g/mol. The summed E-state index contributed by atoms with van der Waals surface area (Å²) in [5.41, 5.74) is 1.42. The van der Waals surface area contributed by atoms with E-state index in [1.54, 1.807) is 6.07 Å². The van der Waals surface area contributed by atoms with E-state index in [0.717, 1.165) is 11.3 Å². The molecule has 2 aliphatic heterocycles. The summed E-state index contributed by atoms with van der Waals surface area (Å²) in [7, 11) is 0. The van der Waals surface area contributed by atoms with E-state index in [9.17, 15) is 4.79 Å². The Morgan fingerprint density at radius 2 is 2.20 bits per heavy atom. The molecule has 2 aliphatic rings. The van der Waals surface area contributed by atoms with Crippen molar-refractivity contribution in [2.45, 2.75) is 27.0 Å². The van der Waals surface area contributed by atoms with Crippen molar-refractivity contribution in [2.24, 2.45) is 5.41 Å². The van der Waals surface area contributed by atoms with Gasteiger partial charge in [0.2, 0.25) is 6.23 Å². The van der Waals surface area contributed by atoms with E-state index in [0.29, 0.717) is 17.4 Å². The van der Waals surface area contributed by atoms with E-state index in [1.165, 1.54) is 0 Å². The zero-order chi connectivity index (χ0) is 14.5. The van der Waals surface area contributed by atoms with Crippen molar-refractivity contribution in [1.29, 1.82) is 0 Å². The van der Waals surface area contributed by atoms with Gasteiger partial charge in [0.1, 0.15) is 5.75 Å². The van der Waals surface area contributed by atoms with Crippen LogP contribution in [0.4, 0.5) is 0 Å². The number of nitrogens with one attached hydrogen (secondary N) is 1. The number of nitrogens with zero attached hydrogens (tertiary/aromatic N) is 1. The highest BCUT2D eigenvalue weighted by atomic mass is 35.5. The summed E-state index contributed by atoms with van der Waals surface area (Å²) in [5.74, 6) is 0.760. The lowest BCUT2D eigenvalue weighted by Crippen LogP contribution is -2.50. The van der Waals surface area contributed by atoms with Crippen LogP contribution in [-0.2, 0) is 4.79 Å². The number of carbonyl (C=O) groups excluding carboxylic acids is 1. The van der Waals surface area contributed by atoms with E-state index < -0.39 is 11.6 Å². The molecule has 0 aliphatic carbocycles. The van der Waals surface area contributed by atoms with Gasteiger partial charge >= 0.3 is 0 Å². The average molecular weight is 293 g/mol. The Bertz CT molecular complexity index is 604. The van der Waals surface area contributed by atoms with Gasteiger partial charge in [-0.25, -0.2) is 0 Å². The topological polar surface area (TPSA) is 41.6 Å². The maximum Gasteiger partial charge on any atom is 0.233 e. The summed E-state index contributed by atoms with van der Waals surface area (Å²) < 4.78 is 5.93. The van der Waals surface area contributed by atoms with Gasteiger partial charge in [0.05, 0.1) is 12.4 Å². The Labute approximate surface area is 123 Å². The zero-order valence-electron chi connectivity index (χ0n) is 11.7. The minimum atomic E-state index is -0.593. The van der Waals surface area contributed by atoms with E-state index in [-0.39, 0.29) is 5.78 Å². The Kier molecular flexibility index (Phi) is 2.94. The fourth-order valence-corrected chi connectivity index (χ4v) is 2.58. The molecular weight excluding hydrogens is 276 g/mol. The summed E-state index contributed by atoms with van der Waals surface area (Å²) in [6.45, 7) is 6.28. The second-order valence-corrected chi connectivity index (χ2v) is 6.52. The zero-order valence-corrected chi connectivity index (χ0v) is 12.5. The van der Waals surface area contributed by atoms with Crippen LogP contribution in [0.15, 0.2) is 24.4 Å². The molecule has 0 amide bonds. The van der Waals surface area contributed by atoms with Crippen LogP contribution in [0.3, 0.4) is 0 Å². The van der Waals surface area contributed by atoms with Crippen LogP contribution in [0.1, 0.15) is 26.3 Å². The van der Waals surface area contributed by atoms with Gasteiger partial charge in [-0.15, -0.1) is 0 Å². The Balaban J connectivity index is 2.05.